The minimum absolute atomic E-state index is 0.680. The molecule has 0 atom stereocenters. The van der Waals surface area contributed by atoms with Crippen molar-refractivity contribution in [3.05, 3.63) is 11.4 Å². The van der Waals surface area contributed by atoms with Gasteiger partial charge in [-0.25, -0.2) is 4.98 Å². The molecule has 2 N–H and O–H groups in total. The van der Waals surface area contributed by atoms with Crippen molar-refractivity contribution in [2.75, 3.05) is 36.2 Å². The molecule has 6 heteroatoms. The largest absolute Gasteiger partial charge is 0.369 e. The third-order valence-corrected chi connectivity index (χ3v) is 4.37. The van der Waals surface area contributed by atoms with Crippen LogP contribution in [0.25, 0.3) is 10.2 Å². The van der Waals surface area contributed by atoms with E-state index in [1.807, 2.05) is 18.8 Å². The molecule has 0 aliphatic rings. The number of nitrogens with zero attached hydrogens (tertiary/aromatic N) is 2. The molecule has 0 aromatic carbocycles. The number of thiophene rings is 1. The van der Waals surface area contributed by atoms with Crippen LogP contribution in [0.15, 0.2) is 11.4 Å². The van der Waals surface area contributed by atoms with Gasteiger partial charge in [0.2, 0.25) is 5.95 Å². The molecule has 0 fully saturated rings. The first kappa shape index (κ1) is 14.4. The van der Waals surface area contributed by atoms with Gasteiger partial charge >= 0.3 is 0 Å². The molecule has 0 saturated carbocycles. The van der Waals surface area contributed by atoms with Gasteiger partial charge in [-0.3, -0.25) is 0 Å². The van der Waals surface area contributed by atoms with Gasteiger partial charge in [-0.15, -0.1) is 11.3 Å². The topological polar surface area (TPSA) is 49.8 Å². The number of hydrogen-bond acceptors (Lipinski definition) is 6. The standard InChI is InChI=1S/C13H20N4S2/c1-14-13-16-11(10-6-9-19-12(10)17-13)15-7-4-3-5-8-18-2/h6,9H,3-5,7-8H2,1-2H3,(H2,14,15,16,17). The van der Waals surface area contributed by atoms with Crippen LogP contribution in [-0.4, -0.2) is 35.6 Å². The maximum Gasteiger partial charge on any atom is 0.225 e. The highest BCUT2D eigenvalue weighted by atomic mass is 32.2. The number of rotatable bonds is 8. The van der Waals surface area contributed by atoms with Gasteiger partial charge in [-0.2, -0.15) is 16.7 Å². The molecule has 2 heterocycles. The van der Waals surface area contributed by atoms with Crippen molar-refractivity contribution < 1.29 is 0 Å². The van der Waals surface area contributed by atoms with Crippen molar-refractivity contribution in [1.82, 2.24) is 9.97 Å². The molecule has 0 unspecified atom stereocenters. The molecule has 0 radical (unpaired) electrons. The highest BCUT2D eigenvalue weighted by Gasteiger charge is 2.07. The zero-order valence-electron chi connectivity index (χ0n) is 11.4. The van der Waals surface area contributed by atoms with Crippen LogP contribution in [0.3, 0.4) is 0 Å². The van der Waals surface area contributed by atoms with Crippen LogP contribution in [0.4, 0.5) is 11.8 Å². The fraction of sp³-hybridized carbons (Fsp3) is 0.538. The minimum atomic E-state index is 0.680. The Bertz CT molecular complexity index is 512. The third-order valence-electron chi connectivity index (χ3n) is 2.87. The Labute approximate surface area is 122 Å². The van der Waals surface area contributed by atoms with Gasteiger partial charge in [-0.05, 0) is 36.3 Å². The minimum Gasteiger partial charge on any atom is -0.369 e. The summed E-state index contributed by atoms with van der Waals surface area (Å²) in [5.74, 6) is 2.88. The Balaban J connectivity index is 1.93. The quantitative estimate of drug-likeness (QED) is 0.728. The average molecular weight is 296 g/mol. The summed E-state index contributed by atoms with van der Waals surface area (Å²) in [7, 11) is 1.85. The number of anilines is 2. The lowest BCUT2D eigenvalue weighted by molar-refractivity contribution is 0.748. The smallest absolute Gasteiger partial charge is 0.225 e. The van der Waals surface area contributed by atoms with E-state index < -0.39 is 0 Å². The predicted octanol–water partition coefficient (Wildman–Crippen LogP) is 3.68. The molecule has 2 aromatic rings. The lowest BCUT2D eigenvalue weighted by Gasteiger charge is -2.08. The summed E-state index contributed by atoms with van der Waals surface area (Å²) in [6.45, 7) is 0.972. The predicted molar refractivity (Wildman–Crippen MR) is 87.7 cm³/mol. The summed E-state index contributed by atoms with van der Waals surface area (Å²) in [5, 5.41) is 9.62. The number of unbranched alkanes of at least 4 members (excludes halogenated alkanes) is 2. The highest BCUT2D eigenvalue weighted by molar-refractivity contribution is 7.98. The van der Waals surface area contributed by atoms with Gasteiger partial charge in [0, 0.05) is 13.6 Å². The van der Waals surface area contributed by atoms with Gasteiger partial charge in [0.05, 0.1) is 5.39 Å². The van der Waals surface area contributed by atoms with Crippen LogP contribution in [0.1, 0.15) is 19.3 Å². The highest BCUT2D eigenvalue weighted by Crippen LogP contribution is 2.26. The van der Waals surface area contributed by atoms with Gasteiger partial charge in [-0.1, -0.05) is 6.42 Å². The SMILES string of the molecule is CNc1nc(NCCCCCSC)c2ccsc2n1. The number of thioether (sulfide) groups is 1. The van der Waals surface area contributed by atoms with Crippen LogP contribution in [-0.2, 0) is 0 Å². The van der Waals surface area contributed by atoms with Crippen molar-refractivity contribution in [1.29, 1.82) is 0 Å². The molecule has 0 aliphatic heterocycles. The molecule has 19 heavy (non-hydrogen) atoms. The van der Waals surface area contributed by atoms with E-state index in [1.165, 1.54) is 25.0 Å². The van der Waals surface area contributed by atoms with Crippen LogP contribution >= 0.6 is 23.1 Å². The number of aromatic nitrogens is 2. The van der Waals surface area contributed by atoms with Crippen molar-refractivity contribution in [2.45, 2.75) is 19.3 Å². The van der Waals surface area contributed by atoms with Crippen LogP contribution in [0.2, 0.25) is 0 Å². The molecule has 2 aromatic heterocycles. The average Bonchev–Trinajstić information content (AvgIpc) is 2.90. The second kappa shape index (κ2) is 7.55. The maximum atomic E-state index is 4.49. The van der Waals surface area contributed by atoms with E-state index in [4.69, 9.17) is 0 Å². The molecule has 2 rings (SSSR count). The summed E-state index contributed by atoms with van der Waals surface area (Å²) in [6.07, 6.45) is 5.91. The first-order chi connectivity index (χ1) is 9.35. The first-order valence-electron chi connectivity index (χ1n) is 6.51. The van der Waals surface area contributed by atoms with E-state index >= 15 is 0 Å². The van der Waals surface area contributed by atoms with E-state index in [2.05, 4.69) is 38.3 Å². The van der Waals surface area contributed by atoms with Gasteiger partial charge in [0.15, 0.2) is 0 Å². The second-order valence-corrected chi connectivity index (χ2v) is 6.15. The Kier molecular flexibility index (Phi) is 5.72. The van der Waals surface area contributed by atoms with E-state index in [9.17, 15) is 0 Å². The molecule has 104 valence electrons. The van der Waals surface area contributed by atoms with Gasteiger partial charge in [0.25, 0.3) is 0 Å². The second-order valence-electron chi connectivity index (χ2n) is 4.27. The Morgan fingerprint density at radius 1 is 1.26 bits per heavy atom. The molecule has 0 saturated heterocycles. The third kappa shape index (κ3) is 3.98. The number of hydrogen-bond donors (Lipinski definition) is 2. The lowest BCUT2D eigenvalue weighted by Crippen LogP contribution is -2.06. The van der Waals surface area contributed by atoms with Crippen molar-refractivity contribution in [3.63, 3.8) is 0 Å². The number of fused-ring (bicyclic) bond motifs is 1. The van der Waals surface area contributed by atoms with E-state index in [0.717, 1.165) is 22.6 Å². The van der Waals surface area contributed by atoms with Crippen LogP contribution < -0.4 is 10.6 Å². The lowest BCUT2D eigenvalue weighted by atomic mass is 10.2. The number of nitrogens with one attached hydrogen (secondary N) is 2. The summed E-state index contributed by atoms with van der Waals surface area (Å²) >= 11 is 3.56. The van der Waals surface area contributed by atoms with Crippen LogP contribution in [0.5, 0.6) is 0 Å². The molecule has 4 nitrogen and oxygen atoms in total. The molecular weight excluding hydrogens is 276 g/mol. The summed E-state index contributed by atoms with van der Waals surface area (Å²) < 4.78 is 0. The normalized spacial score (nSPS) is 10.8. The molecule has 0 amide bonds. The van der Waals surface area contributed by atoms with Crippen molar-refractivity contribution >= 4 is 45.1 Å². The Morgan fingerprint density at radius 3 is 2.95 bits per heavy atom. The van der Waals surface area contributed by atoms with E-state index in [1.54, 1.807) is 11.3 Å². The fourth-order valence-corrected chi connectivity index (χ4v) is 3.11. The van der Waals surface area contributed by atoms with Crippen LogP contribution in [0, 0.1) is 0 Å². The summed E-state index contributed by atoms with van der Waals surface area (Å²) in [4.78, 5) is 9.96. The van der Waals surface area contributed by atoms with E-state index in [0.29, 0.717) is 5.95 Å². The summed E-state index contributed by atoms with van der Waals surface area (Å²) in [5.41, 5.74) is 0. The van der Waals surface area contributed by atoms with Crippen molar-refractivity contribution in [3.8, 4) is 0 Å². The van der Waals surface area contributed by atoms with Gasteiger partial charge in [0.1, 0.15) is 10.6 Å². The molecule has 0 bridgehead atoms. The molecular formula is C13H20N4S2. The molecule has 0 spiro atoms. The maximum absolute atomic E-state index is 4.49. The zero-order valence-corrected chi connectivity index (χ0v) is 13.0. The monoisotopic (exact) mass is 296 g/mol. The first-order valence-corrected chi connectivity index (χ1v) is 8.78. The van der Waals surface area contributed by atoms with Crippen molar-refractivity contribution in [2.24, 2.45) is 0 Å². The molecule has 0 aliphatic carbocycles. The Hall–Kier alpha value is -1.01. The summed E-state index contributed by atoms with van der Waals surface area (Å²) in [6, 6.07) is 2.08. The van der Waals surface area contributed by atoms with E-state index in [-0.39, 0.29) is 0 Å². The zero-order chi connectivity index (χ0) is 13.5. The Morgan fingerprint density at radius 2 is 2.16 bits per heavy atom. The van der Waals surface area contributed by atoms with Gasteiger partial charge < -0.3 is 10.6 Å². The fourth-order valence-electron chi connectivity index (χ4n) is 1.86.